The van der Waals surface area contributed by atoms with Crippen molar-refractivity contribution in [1.82, 2.24) is 9.97 Å². The summed E-state index contributed by atoms with van der Waals surface area (Å²) in [7, 11) is 0. The van der Waals surface area contributed by atoms with Gasteiger partial charge in [0.2, 0.25) is 0 Å². The second-order valence-corrected chi connectivity index (χ2v) is 6.58. The van der Waals surface area contributed by atoms with Gasteiger partial charge in [-0.1, -0.05) is 25.6 Å². The zero-order valence-electron chi connectivity index (χ0n) is 12.6. The fraction of sp³-hybridized carbons (Fsp3) is 0.615. The van der Waals surface area contributed by atoms with Gasteiger partial charge in [-0.25, -0.2) is 15.8 Å². The average molecular weight is 298 g/mol. The number of carbonyl (C=O) groups is 1. The second kappa shape index (κ2) is 6.90. The van der Waals surface area contributed by atoms with Crippen LogP contribution in [0, 0.1) is 0 Å². The lowest BCUT2D eigenvalue weighted by Crippen LogP contribution is -2.25. The van der Waals surface area contributed by atoms with E-state index in [1.807, 2.05) is 34.6 Å². The molecule has 0 aromatic carbocycles. The van der Waals surface area contributed by atoms with Crippen molar-refractivity contribution in [3.63, 3.8) is 0 Å². The largest absolute Gasteiger partial charge is 0.459 e. The van der Waals surface area contributed by atoms with E-state index in [9.17, 15) is 4.79 Å². The molecule has 0 spiro atoms. The van der Waals surface area contributed by atoms with Gasteiger partial charge in [0.1, 0.15) is 22.8 Å². The van der Waals surface area contributed by atoms with E-state index in [0.717, 1.165) is 10.6 Å². The van der Waals surface area contributed by atoms with Crippen LogP contribution in [0.4, 0.5) is 5.82 Å². The summed E-state index contributed by atoms with van der Waals surface area (Å²) in [6.07, 6.45) is 1.43. The fourth-order valence-corrected chi connectivity index (χ4v) is 2.55. The number of nitrogen functional groups attached to an aromatic ring is 1. The SMILES string of the molecule is CC(C)c1c(NN)ncnc1SCC(=O)OC(C)(C)C. The molecule has 112 valence electrons. The Labute approximate surface area is 123 Å². The molecule has 0 saturated carbocycles. The molecule has 0 aliphatic carbocycles. The average Bonchev–Trinajstić information content (AvgIpc) is 2.33. The fourth-order valence-electron chi connectivity index (χ4n) is 1.63. The Hall–Kier alpha value is -1.34. The van der Waals surface area contributed by atoms with Crippen LogP contribution in [0.3, 0.4) is 0 Å². The molecule has 1 heterocycles. The normalized spacial score (nSPS) is 11.6. The summed E-state index contributed by atoms with van der Waals surface area (Å²) in [6.45, 7) is 9.58. The van der Waals surface area contributed by atoms with Gasteiger partial charge < -0.3 is 10.2 Å². The maximum atomic E-state index is 11.7. The molecule has 0 radical (unpaired) electrons. The topological polar surface area (TPSA) is 90.1 Å². The van der Waals surface area contributed by atoms with E-state index in [1.165, 1.54) is 18.1 Å². The van der Waals surface area contributed by atoms with Gasteiger partial charge in [0.05, 0.1) is 5.75 Å². The number of nitrogens with two attached hydrogens (primary N) is 1. The van der Waals surface area contributed by atoms with Gasteiger partial charge >= 0.3 is 5.97 Å². The highest BCUT2D eigenvalue weighted by Gasteiger charge is 2.19. The third-order valence-corrected chi connectivity index (χ3v) is 3.29. The van der Waals surface area contributed by atoms with Crippen molar-refractivity contribution in [2.45, 2.75) is 51.2 Å². The highest BCUT2D eigenvalue weighted by molar-refractivity contribution is 7.99. The maximum Gasteiger partial charge on any atom is 0.316 e. The van der Waals surface area contributed by atoms with Crippen LogP contribution < -0.4 is 11.3 Å². The van der Waals surface area contributed by atoms with Gasteiger partial charge in [-0.15, -0.1) is 0 Å². The van der Waals surface area contributed by atoms with E-state index in [0.29, 0.717) is 5.82 Å². The van der Waals surface area contributed by atoms with Gasteiger partial charge in [0.25, 0.3) is 0 Å². The van der Waals surface area contributed by atoms with Crippen molar-refractivity contribution in [3.05, 3.63) is 11.9 Å². The Bertz CT molecular complexity index is 472. The standard InChI is InChI=1S/C13H22N4O2S/c1-8(2)10-11(17-14)15-7-16-12(10)20-6-9(18)19-13(3,4)5/h7-8H,6,14H2,1-5H3,(H,15,16,17). The zero-order chi connectivity index (χ0) is 15.3. The number of carbonyl (C=O) groups excluding carboxylic acids is 1. The molecule has 0 amide bonds. The van der Waals surface area contributed by atoms with E-state index < -0.39 is 5.60 Å². The Morgan fingerprint density at radius 3 is 2.60 bits per heavy atom. The number of hydrogen-bond acceptors (Lipinski definition) is 7. The molecule has 6 nitrogen and oxygen atoms in total. The van der Waals surface area contributed by atoms with Crippen LogP contribution in [0.2, 0.25) is 0 Å². The third-order valence-electron chi connectivity index (χ3n) is 2.31. The van der Waals surface area contributed by atoms with E-state index in [4.69, 9.17) is 10.6 Å². The van der Waals surface area contributed by atoms with Crippen molar-refractivity contribution in [2.24, 2.45) is 5.84 Å². The van der Waals surface area contributed by atoms with Crippen LogP contribution in [0.1, 0.15) is 46.1 Å². The molecule has 0 fully saturated rings. The number of hydrogen-bond donors (Lipinski definition) is 2. The van der Waals surface area contributed by atoms with Crippen LogP contribution in [0.25, 0.3) is 0 Å². The predicted octanol–water partition coefficient (Wildman–Crippen LogP) is 2.32. The monoisotopic (exact) mass is 298 g/mol. The van der Waals surface area contributed by atoms with Crippen molar-refractivity contribution < 1.29 is 9.53 Å². The smallest absolute Gasteiger partial charge is 0.316 e. The highest BCUT2D eigenvalue weighted by Crippen LogP contribution is 2.31. The molecule has 20 heavy (non-hydrogen) atoms. The molecular weight excluding hydrogens is 276 g/mol. The number of aromatic nitrogens is 2. The maximum absolute atomic E-state index is 11.7. The first-order valence-electron chi connectivity index (χ1n) is 6.40. The molecular formula is C13H22N4O2S. The van der Waals surface area contributed by atoms with Crippen molar-refractivity contribution in [1.29, 1.82) is 0 Å². The lowest BCUT2D eigenvalue weighted by atomic mass is 10.1. The summed E-state index contributed by atoms with van der Waals surface area (Å²) in [4.78, 5) is 20.1. The quantitative estimate of drug-likeness (QED) is 0.283. The molecule has 3 N–H and O–H groups in total. The van der Waals surface area contributed by atoms with Gasteiger partial charge in [0, 0.05) is 5.56 Å². The lowest BCUT2D eigenvalue weighted by molar-refractivity contribution is -0.151. The van der Waals surface area contributed by atoms with Gasteiger partial charge in [-0.05, 0) is 26.7 Å². The van der Waals surface area contributed by atoms with Crippen LogP contribution >= 0.6 is 11.8 Å². The molecule has 0 unspecified atom stereocenters. The van der Waals surface area contributed by atoms with Crippen LogP contribution in [-0.2, 0) is 9.53 Å². The minimum absolute atomic E-state index is 0.198. The number of thioether (sulfide) groups is 1. The van der Waals surface area contributed by atoms with Gasteiger partial charge in [-0.3, -0.25) is 4.79 Å². The van der Waals surface area contributed by atoms with E-state index in [2.05, 4.69) is 15.4 Å². The lowest BCUT2D eigenvalue weighted by Gasteiger charge is -2.19. The zero-order valence-corrected chi connectivity index (χ0v) is 13.4. The molecule has 0 aliphatic heterocycles. The number of nitrogens with zero attached hydrogens (tertiary/aromatic N) is 2. The summed E-state index contributed by atoms with van der Waals surface area (Å²) in [5, 5.41) is 0.744. The van der Waals surface area contributed by atoms with Crippen LogP contribution in [-0.4, -0.2) is 27.3 Å². The molecule has 0 aliphatic rings. The number of hydrazine groups is 1. The molecule has 1 aromatic heterocycles. The molecule has 0 saturated heterocycles. The molecule has 1 aromatic rings. The summed E-state index contributed by atoms with van der Waals surface area (Å²) < 4.78 is 5.27. The highest BCUT2D eigenvalue weighted by atomic mass is 32.2. The molecule has 7 heteroatoms. The van der Waals surface area contributed by atoms with Gasteiger partial charge in [-0.2, -0.15) is 0 Å². The van der Waals surface area contributed by atoms with E-state index in [1.54, 1.807) is 0 Å². The number of rotatable bonds is 5. The number of nitrogens with one attached hydrogen (secondary N) is 1. The first-order valence-corrected chi connectivity index (χ1v) is 7.39. The minimum atomic E-state index is -0.478. The second-order valence-electron chi connectivity index (χ2n) is 5.62. The Kier molecular flexibility index (Phi) is 5.76. The summed E-state index contributed by atoms with van der Waals surface area (Å²) in [6, 6.07) is 0. The summed E-state index contributed by atoms with van der Waals surface area (Å²) in [5.74, 6) is 6.18. The number of ether oxygens (including phenoxy) is 1. The number of anilines is 1. The van der Waals surface area contributed by atoms with E-state index in [-0.39, 0.29) is 17.6 Å². The predicted molar refractivity (Wildman–Crippen MR) is 80.5 cm³/mol. The summed E-state index contributed by atoms with van der Waals surface area (Å²) in [5.41, 5.74) is 2.99. The minimum Gasteiger partial charge on any atom is -0.459 e. The molecule has 0 atom stereocenters. The Morgan fingerprint density at radius 1 is 1.45 bits per heavy atom. The first-order chi connectivity index (χ1) is 9.24. The third kappa shape index (κ3) is 4.97. The first kappa shape index (κ1) is 16.7. The molecule has 0 bridgehead atoms. The van der Waals surface area contributed by atoms with E-state index >= 15 is 0 Å². The number of esters is 1. The Balaban J connectivity index is 2.80. The van der Waals surface area contributed by atoms with Crippen molar-refractivity contribution >= 4 is 23.5 Å². The van der Waals surface area contributed by atoms with Crippen molar-refractivity contribution in [3.8, 4) is 0 Å². The molecule has 1 rings (SSSR count). The van der Waals surface area contributed by atoms with Crippen LogP contribution in [0.15, 0.2) is 11.4 Å². The summed E-state index contributed by atoms with van der Waals surface area (Å²) >= 11 is 1.33. The Morgan fingerprint density at radius 2 is 2.10 bits per heavy atom. The van der Waals surface area contributed by atoms with Crippen LogP contribution in [0.5, 0.6) is 0 Å². The van der Waals surface area contributed by atoms with Crippen molar-refractivity contribution in [2.75, 3.05) is 11.2 Å². The van der Waals surface area contributed by atoms with Gasteiger partial charge in [0.15, 0.2) is 0 Å².